The van der Waals surface area contributed by atoms with Crippen LogP contribution in [-0.4, -0.2) is 32.1 Å². The topological polar surface area (TPSA) is 76.4 Å². The molecule has 6 heteroatoms. The maximum Gasteiger partial charge on any atom is 0.255 e. The Kier molecular flexibility index (Phi) is 4.50. The van der Waals surface area contributed by atoms with Crippen LogP contribution in [0.2, 0.25) is 5.02 Å². The van der Waals surface area contributed by atoms with Gasteiger partial charge in [0.15, 0.2) is 0 Å². The van der Waals surface area contributed by atoms with Crippen molar-refractivity contribution in [1.82, 2.24) is 10.6 Å². The van der Waals surface area contributed by atoms with Gasteiger partial charge in [0, 0.05) is 18.7 Å². The van der Waals surface area contributed by atoms with Gasteiger partial charge in [-0.2, -0.15) is 0 Å². The number of nitrogen functional groups attached to an aromatic ring is 1. The van der Waals surface area contributed by atoms with Crippen LogP contribution in [0.1, 0.15) is 23.2 Å². The van der Waals surface area contributed by atoms with Crippen LogP contribution in [0, 0.1) is 0 Å². The zero-order valence-corrected chi connectivity index (χ0v) is 11.6. The molecular formula is C13H18ClN3O2. The lowest BCUT2D eigenvalue weighted by Crippen LogP contribution is -2.45. The van der Waals surface area contributed by atoms with Gasteiger partial charge >= 0.3 is 0 Å². The van der Waals surface area contributed by atoms with Crippen molar-refractivity contribution in [1.29, 1.82) is 0 Å². The Hall–Kier alpha value is -1.46. The summed E-state index contributed by atoms with van der Waals surface area (Å²) >= 11 is 5.96. The first-order chi connectivity index (χ1) is 9.11. The van der Waals surface area contributed by atoms with Crippen LogP contribution in [0.15, 0.2) is 12.1 Å². The summed E-state index contributed by atoms with van der Waals surface area (Å²) in [5, 5.41) is 6.58. The summed E-state index contributed by atoms with van der Waals surface area (Å²) < 4.78 is 5.18. The standard InChI is InChI=1S/C13H18ClN3O2/c1-19-12-6-11(15)10(14)5-9(12)13(18)17-8-3-2-4-16-7-8/h5-6,8,16H,2-4,7,15H2,1H3,(H,17,18)/t8-/m0/s1. The molecule has 0 unspecified atom stereocenters. The number of methoxy groups -OCH3 is 1. The smallest absolute Gasteiger partial charge is 0.255 e. The Bertz CT molecular complexity index is 473. The second-order valence-corrected chi connectivity index (χ2v) is 5.00. The van der Waals surface area contributed by atoms with Gasteiger partial charge in [-0.05, 0) is 25.5 Å². The molecule has 104 valence electrons. The Morgan fingerprint density at radius 1 is 1.58 bits per heavy atom. The van der Waals surface area contributed by atoms with E-state index in [0.717, 1.165) is 25.9 Å². The first-order valence-electron chi connectivity index (χ1n) is 6.26. The molecule has 0 aromatic heterocycles. The molecule has 1 amide bonds. The second kappa shape index (κ2) is 6.12. The molecule has 0 radical (unpaired) electrons. The summed E-state index contributed by atoms with van der Waals surface area (Å²) in [6, 6.07) is 3.25. The minimum absolute atomic E-state index is 0.141. The molecule has 5 nitrogen and oxygen atoms in total. The summed E-state index contributed by atoms with van der Waals surface area (Å²) in [7, 11) is 1.50. The number of carbonyl (C=O) groups is 1. The summed E-state index contributed by atoms with van der Waals surface area (Å²) in [5.74, 6) is 0.246. The second-order valence-electron chi connectivity index (χ2n) is 4.59. The van der Waals surface area contributed by atoms with Crippen LogP contribution in [-0.2, 0) is 0 Å². The summed E-state index contributed by atoms with van der Waals surface area (Å²) in [4.78, 5) is 12.2. The van der Waals surface area contributed by atoms with Crippen LogP contribution in [0.25, 0.3) is 0 Å². The molecule has 0 spiro atoms. The van der Waals surface area contributed by atoms with E-state index in [1.54, 1.807) is 12.1 Å². The molecule has 0 aliphatic carbocycles. The van der Waals surface area contributed by atoms with Crippen LogP contribution in [0.3, 0.4) is 0 Å². The minimum Gasteiger partial charge on any atom is -0.496 e. The Morgan fingerprint density at radius 2 is 2.37 bits per heavy atom. The van der Waals surface area contributed by atoms with E-state index in [2.05, 4.69) is 10.6 Å². The van der Waals surface area contributed by atoms with Crippen molar-refractivity contribution in [2.45, 2.75) is 18.9 Å². The van der Waals surface area contributed by atoms with E-state index < -0.39 is 0 Å². The number of nitrogens with one attached hydrogen (secondary N) is 2. The largest absolute Gasteiger partial charge is 0.496 e. The molecule has 19 heavy (non-hydrogen) atoms. The number of rotatable bonds is 3. The van der Waals surface area contributed by atoms with E-state index in [1.165, 1.54) is 7.11 Å². The monoisotopic (exact) mass is 283 g/mol. The molecule has 1 aliphatic heterocycles. The zero-order valence-electron chi connectivity index (χ0n) is 10.8. The number of anilines is 1. The fourth-order valence-electron chi connectivity index (χ4n) is 2.15. The van der Waals surface area contributed by atoms with E-state index in [4.69, 9.17) is 22.1 Å². The van der Waals surface area contributed by atoms with Gasteiger partial charge in [-0.1, -0.05) is 11.6 Å². The third-order valence-electron chi connectivity index (χ3n) is 3.20. The molecule has 0 bridgehead atoms. The molecule has 1 fully saturated rings. The SMILES string of the molecule is COc1cc(N)c(Cl)cc1C(=O)N[C@H]1CCCNC1. The van der Waals surface area contributed by atoms with E-state index in [9.17, 15) is 4.79 Å². The highest BCUT2D eigenvalue weighted by Gasteiger charge is 2.20. The maximum atomic E-state index is 12.2. The highest BCUT2D eigenvalue weighted by molar-refractivity contribution is 6.33. The lowest BCUT2D eigenvalue weighted by molar-refractivity contribution is 0.0927. The van der Waals surface area contributed by atoms with Crippen LogP contribution < -0.4 is 21.1 Å². The summed E-state index contributed by atoms with van der Waals surface area (Å²) in [5.41, 5.74) is 6.50. The number of carbonyl (C=O) groups excluding carboxylic acids is 1. The molecule has 1 aromatic rings. The Labute approximate surface area is 117 Å². The van der Waals surface area contributed by atoms with Crippen molar-refractivity contribution >= 4 is 23.2 Å². The third kappa shape index (κ3) is 3.30. The highest BCUT2D eigenvalue weighted by atomic mass is 35.5. The van der Waals surface area contributed by atoms with Crippen LogP contribution in [0.5, 0.6) is 5.75 Å². The highest BCUT2D eigenvalue weighted by Crippen LogP contribution is 2.28. The van der Waals surface area contributed by atoms with Gasteiger partial charge in [-0.25, -0.2) is 0 Å². The number of benzene rings is 1. The van der Waals surface area contributed by atoms with E-state index in [0.29, 0.717) is 22.0 Å². The number of halogens is 1. The van der Waals surface area contributed by atoms with Crippen LogP contribution in [0.4, 0.5) is 5.69 Å². The number of hydrogen-bond donors (Lipinski definition) is 3. The average Bonchev–Trinajstić information content (AvgIpc) is 2.42. The number of hydrogen-bond acceptors (Lipinski definition) is 4. The lowest BCUT2D eigenvalue weighted by Gasteiger charge is -2.24. The zero-order chi connectivity index (χ0) is 13.8. The van der Waals surface area contributed by atoms with Gasteiger partial charge in [0.1, 0.15) is 5.75 Å². The minimum atomic E-state index is -0.188. The molecule has 1 atom stereocenters. The van der Waals surface area contributed by atoms with Crippen molar-refractivity contribution in [3.05, 3.63) is 22.7 Å². The quantitative estimate of drug-likeness (QED) is 0.733. The number of amides is 1. The Balaban J connectivity index is 2.15. The fourth-order valence-corrected chi connectivity index (χ4v) is 2.32. The first kappa shape index (κ1) is 14.0. The number of ether oxygens (including phenoxy) is 1. The van der Waals surface area contributed by atoms with Crippen molar-refractivity contribution in [3.63, 3.8) is 0 Å². The van der Waals surface area contributed by atoms with E-state index >= 15 is 0 Å². The van der Waals surface area contributed by atoms with Gasteiger partial charge in [0.2, 0.25) is 0 Å². The van der Waals surface area contributed by atoms with E-state index in [1.807, 2.05) is 0 Å². The van der Waals surface area contributed by atoms with Gasteiger partial charge in [-0.3, -0.25) is 4.79 Å². The average molecular weight is 284 g/mol. The molecule has 4 N–H and O–H groups in total. The summed E-state index contributed by atoms with van der Waals surface area (Å²) in [6.45, 7) is 1.79. The number of piperidine rings is 1. The lowest BCUT2D eigenvalue weighted by atomic mass is 10.1. The normalized spacial score (nSPS) is 18.9. The molecule has 1 aromatic carbocycles. The third-order valence-corrected chi connectivity index (χ3v) is 3.52. The van der Waals surface area contributed by atoms with Crippen molar-refractivity contribution in [2.24, 2.45) is 0 Å². The van der Waals surface area contributed by atoms with Gasteiger partial charge in [-0.15, -0.1) is 0 Å². The maximum absolute atomic E-state index is 12.2. The predicted octanol–water partition coefficient (Wildman–Crippen LogP) is 1.41. The predicted molar refractivity (Wildman–Crippen MR) is 75.8 cm³/mol. The molecule has 1 saturated heterocycles. The summed E-state index contributed by atoms with van der Waals surface area (Å²) in [6.07, 6.45) is 2.04. The van der Waals surface area contributed by atoms with Crippen molar-refractivity contribution < 1.29 is 9.53 Å². The van der Waals surface area contributed by atoms with Gasteiger partial charge in [0.25, 0.3) is 5.91 Å². The van der Waals surface area contributed by atoms with Crippen molar-refractivity contribution in [2.75, 3.05) is 25.9 Å². The first-order valence-corrected chi connectivity index (χ1v) is 6.64. The van der Waals surface area contributed by atoms with Crippen molar-refractivity contribution in [3.8, 4) is 5.75 Å². The number of nitrogens with two attached hydrogens (primary N) is 1. The van der Waals surface area contributed by atoms with Gasteiger partial charge in [0.05, 0.1) is 23.4 Å². The molecule has 0 saturated carbocycles. The molecular weight excluding hydrogens is 266 g/mol. The molecule has 1 aliphatic rings. The molecule has 1 heterocycles. The van der Waals surface area contributed by atoms with E-state index in [-0.39, 0.29) is 11.9 Å². The van der Waals surface area contributed by atoms with Gasteiger partial charge < -0.3 is 21.1 Å². The fraction of sp³-hybridized carbons (Fsp3) is 0.462. The van der Waals surface area contributed by atoms with Crippen LogP contribution >= 0.6 is 11.6 Å². The molecule has 2 rings (SSSR count). The Morgan fingerprint density at radius 3 is 3.00 bits per heavy atom.